The second-order valence-corrected chi connectivity index (χ2v) is 6.05. The number of aliphatic hydroxyl groups excluding tert-OH is 1. The third kappa shape index (κ3) is 2.97. The lowest BCUT2D eigenvalue weighted by Gasteiger charge is -2.31. The molecule has 0 bridgehead atoms. The van der Waals surface area contributed by atoms with E-state index in [1.54, 1.807) is 12.1 Å². The molecule has 0 unspecified atom stereocenters. The number of aliphatic hydroxyl groups is 1. The fraction of sp³-hybridized carbons (Fsp3) is 0.529. The summed E-state index contributed by atoms with van der Waals surface area (Å²) >= 11 is 0. The summed E-state index contributed by atoms with van der Waals surface area (Å²) in [5, 5.41) is 10.1. The molecule has 1 aliphatic heterocycles. The van der Waals surface area contributed by atoms with Gasteiger partial charge in [-0.2, -0.15) is 0 Å². The van der Waals surface area contributed by atoms with Crippen LogP contribution in [-0.2, 0) is 7.05 Å². The SMILES string of the molecule is Cn1cc(C2CCN(CCCO)CC2)c2ccc(F)cc21. The lowest BCUT2D eigenvalue weighted by atomic mass is 9.89. The molecule has 1 saturated heterocycles. The zero-order valence-corrected chi connectivity index (χ0v) is 12.6. The second-order valence-electron chi connectivity index (χ2n) is 6.05. The van der Waals surface area contributed by atoms with E-state index in [-0.39, 0.29) is 12.4 Å². The summed E-state index contributed by atoms with van der Waals surface area (Å²) in [6.07, 6.45) is 5.31. The Morgan fingerprint density at radius 3 is 2.76 bits per heavy atom. The van der Waals surface area contributed by atoms with E-state index in [0.717, 1.165) is 44.4 Å². The topological polar surface area (TPSA) is 28.4 Å². The van der Waals surface area contributed by atoms with Crippen LogP contribution in [0.2, 0.25) is 0 Å². The number of rotatable bonds is 4. The Balaban J connectivity index is 1.76. The average molecular weight is 290 g/mol. The van der Waals surface area contributed by atoms with Gasteiger partial charge in [0.15, 0.2) is 0 Å². The Hall–Kier alpha value is -1.39. The molecule has 0 atom stereocenters. The number of halogens is 1. The highest BCUT2D eigenvalue weighted by atomic mass is 19.1. The molecule has 0 amide bonds. The first kappa shape index (κ1) is 14.5. The van der Waals surface area contributed by atoms with Crippen LogP contribution in [0.15, 0.2) is 24.4 Å². The van der Waals surface area contributed by atoms with E-state index in [9.17, 15) is 4.39 Å². The van der Waals surface area contributed by atoms with Crippen LogP contribution in [0.3, 0.4) is 0 Å². The van der Waals surface area contributed by atoms with Crippen LogP contribution in [0, 0.1) is 5.82 Å². The first-order chi connectivity index (χ1) is 10.2. The standard InChI is InChI=1S/C17H23FN2O/c1-19-12-16(15-4-3-14(18)11-17(15)19)13-5-8-20(9-6-13)7-2-10-21/h3-4,11-13,21H,2,5-10H2,1H3. The summed E-state index contributed by atoms with van der Waals surface area (Å²) in [4.78, 5) is 2.43. The molecule has 4 heteroatoms. The lowest BCUT2D eigenvalue weighted by Crippen LogP contribution is -2.34. The highest BCUT2D eigenvalue weighted by molar-refractivity contribution is 5.84. The number of hydrogen-bond acceptors (Lipinski definition) is 2. The van der Waals surface area contributed by atoms with Gasteiger partial charge < -0.3 is 14.6 Å². The molecule has 114 valence electrons. The Morgan fingerprint density at radius 2 is 2.05 bits per heavy atom. The molecular formula is C17H23FN2O. The van der Waals surface area contributed by atoms with Gasteiger partial charge in [0.1, 0.15) is 5.82 Å². The Labute approximate surface area is 125 Å². The number of benzene rings is 1. The molecule has 3 rings (SSSR count). The largest absolute Gasteiger partial charge is 0.396 e. The van der Waals surface area contributed by atoms with Crippen LogP contribution in [0.25, 0.3) is 10.9 Å². The minimum Gasteiger partial charge on any atom is -0.396 e. The fourth-order valence-electron chi connectivity index (χ4n) is 3.48. The summed E-state index contributed by atoms with van der Waals surface area (Å²) < 4.78 is 15.4. The third-order valence-corrected chi connectivity index (χ3v) is 4.64. The van der Waals surface area contributed by atoms with E-state index in [2.05, 4.69) is 11.1 Å². The minimum absolute atomic E-state index is 0.172. The summed E-state index contributed by atoms with van der Waals surface area (Å²) in [6.45, 7) is 3.43. The smallest absolute Gasteiger partial charge is 0.125 e. The lowest BCUT2D eigenvalue weighted by molar-refractivity contribution is 0.188. The van der Waals surface area contributed by atoms with Crippen molar-refractivity contribution in [3.8, 4) is 0 Å². The van der Waals surface area contributed by atoms with Crippen LogP contribution in [0.4, 0.5) is 4.39 Å². The van der Waals surface area contributed by atoms with Gasteiger partial charge in [0.05, 0.1) is 5.52 Å². The van der Waals surface area contributed by atoms with Crippen LogP contribution in [0.1, 0.15) is 30.7 Å². The van der Waals surface area contributed by atoms with E-state index < -0.39 is 0 Å². The molecule has 1 fully saturated rings. The Kier molecular flexibility index (Phi) is 4.27. The van der Waals surface area contributed by atoms with Gasteiger partial charge in [-0.1, -0.05) is 0 Å². The average Bonchev–Trinajstić information content (AvgIpc) is 2.82. The van der Waals surface area contributed by atoms with Crippen molar-refractivity contribution in [1.29, 1.82) is 0 Å². The summed E-state index contributed by atoms with van der Waals surface area (Å²) in [7, 11) is 1.99. The zero-order chi connectivity index (χ0) is 14.8. The quantitative estimate of drug-likeness (QED) is 0.938. The predicted octanol–water partition coefficient (Wildman–Crippen LogP) is 2.88. The first-order valence-electron chi connectivity index (χ1n) is 7.76. The van der Waals surface area contributed by atoms with Crippen molar-refractivity contribution in [1.82, 2.24) is 9.47 Å². The summed E-state index contributed by atoms with van der Waals surface area (Å²) in [5.41, 5.74) is 2.34. The van der Waals surface area contributed by atoms with Crippen molar-refractivity contribution in [3.63, 3.8) is 0 Å². The molecule has 1 N–H and O–H groups in total. The van der Waals surface area contributed by atoms with Crippen molar-refractivity contribution in [2.45, 2.75) is 25.2 Å². The van der Waals surface area contributed by atoms with Crippen molar-refractivity contribution in [2.24, 2.45) is 7.05 Å². The van der Waals surface area contributed by atoms with Crippen molar-refractivity contribution >= 4 is 10.9 Å². The van der Waals surface area contributed by atoms with Crippen LogP contribution < -0.4 is 0 Å². The van der Waals surface area contributed by atoms with E-state index in [1.165, 1.54) is 10.9 Å². The highest BCUT2D eigenvalue weighted by Gasteiger charge is 2.23. The summed E-state index contributed by atoms with van der Waals surface area (Å²) in [5.74, 6) is 0.388. The predicted molar refractivity (Wildman–Crippen MR) is 83.0 cm³/mol. The number of hydrogen-bond donors (Lipinski definition) is 1. The Bertz CT molecular complexity index is 615. The normalized spacial score (nSPS) is 17.7. The maximum Gasteiger partial charge on any atom is 0.125 e. The van der Waals surface area contributed by atoms with Crippen LogP contribution in [0.5, 0.6) is 0 Å². The number of aryl methyl sites for hydroxylation is 1. The molecule has 2 aromatic rings. The van der Waals surface area contributed by atoms with Gasteiger partial charge in [-0.05, 0) is 62.0 Å². The molecule has 0 saturated carbocycles. The molecule has 0 radical (unpaired) electrons. The van der Waals surface area contributed by atoms with E-state index in [1.807, 2.05) is 17.7 Å². The summed E-state index contributed by atoms with van der Waals surface area (Å²) in [6, 6.07) is 5.09. The maximum atomic E-state index is 13.4. The molecular weight excluding hydrogens is 267 g/mol. The monoisotopic (exact) mass is 290 g/mol. The molecule has 1 aromatic carbocycles. The van der Waals surface area contributed by atoms with E-state index >= 15 is 0 Å². The number of nitrogens with zero attached hydrogens (tertiary/aromatic N) is 2. The number of aromatic nitrogens is 1. The first-order valence-corrected chi connectivity index (χ1v) is 7.76. The number of fused-ring (bicyclic) bond motifs is 1. The van der Waals surface area contributed by atoms with Crippen molar-refractivity contribution < 1.29 is 9.50 Å². The number of likely N-dealkylation sites (tertiary alicyclic amines) is 1. The van der Waals surface area contributed by atoms with Crippen LogP contribution in [-0.4, -0.2) is 40.8 Å². The van der Waals surface area contributed by atoms with E-state index in [0.29, 0.717) is 5.92 Å². The van der Waals surface area contributed by atoms with Crippen molar-refractivity contribution in [3.05, 3.63) is 35.8 Å². The maximum absolute atomic E-state index is 13.4. The van der Waals surface area contributed by atoms with Gasteiger partial charge in [-0.15, -0.1) is 0 Å². The second kappa shape index (κ2) is 6.16. The molecule has 0 spiro atoms. The molecule has 1 aromatic heterocycles. The third-order valence-electron chi connectivity index (χ3n) is 4.64. The van der Waals surface area contributed by atoms with Gasteiger partial charge in [0.25, 0.3) is 0 Å². The molecule has 0 aliphatic carbocycles. The fourth-order valence-corrected chi connectivity index (χ4v) is 3.48. The molecule has 1 aliphatic rings. The highest BCUT2D eigenvalue weighted by Crippen LogP contribution is 2.34. The molecule has 2 heterocycles. The van der Waals surface area contributed by atoms with Crippen LogP contribution >= 0.6 is 0 Å². The van der Waals surface area contributed by atoms with Gasteiger partial charge in [0, 0.05) is 31.8 Å². The minimum atomic E-state index is -0.172. The zero-order valence-electron chi connectivity index (χ0n) is 12.6. The van der Waals surface area contributed by atoms with Gasteiger partial charge in [-0.3, -0.25) is 0 Å². The number of piperidine rings is 1. The Morgan fingerprint density at radius 1 is 1.29 bits per heavy atom. The van der Waals surface area contributed by atoms with Crippen molar-refractivity contribution in [2.75, 3.05) is 26.2 Å². The van der Waals surface area contributed by atoms with Gasteiger partial charge >= 0.3 is 0 Å². The van der Waals surface area contributed by atoms with Gasteiger partial charge in [-0.25, -0.2) is 4.39 Å². The molecule has 21 heavy (non-hydrogen) atoms. The van der Waals surface area contributed by atoms with Gasteiger partial charge in [0.2, 0.25) is 0 Å². The van der Waals surface area contributed by atoms with E-state index in [4.69, 9.17) is 5.11 Å². The molecule has 3 nitrogen and oxygen atoms in total.